The normalized spacial score (nSPS) is 10.1. The summed E-state index contributed by atoms with van der Waals surface area (Å²) < 4.78 is 44.0. The molecule has 0 aliphatic heterocycles. The number of para-hydroxylation sites is 1. The number of esters is 1. The van der Waals surface area contributed by atoms with Crippen molar-refractivity contribution < 1.29 is 32.3 Å². The minimum atomic E-state index is -1.73. The lowest BCUT2D eigenvalue weighted by atomic mass is 10.3. The van der Waals surface area contributed by atoms with Crippen LogP contribution in [0.25, 0.3) is 0 Å². The molecule has 2 aromatic carbocycles. The number of rotatable bonds is 7. The topological polar surface area (TPSA) is 96.5 Å². The molecule has 2 rings (SSSR count). The van der Waals surface area contributed by atoms with Gasteiger partial charge in [-0.3, -0.25) is 9.59 Å². The summed E-state index contributed by atoms with van der Waals surface area (Å²) in [4.78, 5) is 34.8. The zero-order chi connectivity index (χ0) is 20.5. The molecule has 0 heterocycles. The van der Waals surface area contributed by atoms with Gasteiger partial charge in [0.1, 0.15) is 0 Å². The van der Waals surface area contributed by atoms with Crippen LogP contribution in [0.5, 0.6) is 0 Å². The molecule has 0 aromatic heterocycles. The van der Waals surface area contributed by atoms with Crippen molar-refractivity contribution in [3.63, 3.8) is 0 Å². The number of hydrogen-bond donors (Lipinski definition) is 3. The number of hydrogen-bond acceptors (Lipinski definition) is 4. The smallest absolute Gasteiger partial charge is 0.319 e. The Kier molecular flexibility index (Phi) is 7.37. The van der Waals surface area contributed by atoms with E-state index in [1.165, 1.54) is 0 Å². The molecule has 3 amide bonds. The lowest BCUT2D eigenvalue weighted by Crippen LogP contribution is -2.31. The van der Waals surface area contributed by atoms with Crippen molar-refractivity contribution in [2.24, 2.45) is 0 Å². The van der Waals surface area contributed by atoms with Crippen LogP contribution in [0, 0.1) is 17.5 Å². The molecule has 0 radical (unpaired) electrons. The van der Waals surface area contributed by atoms with Crippen LogP contribution in [0.1, 0.15) is 6.42 Å². The molecule has 0 atom stereocenters. The second kappa shape index (κ2) is 9.95. The summed E-state index contributed by atoms with van der Waals surface area (Å²) >= 11 is 0. The molecule has 28 heavy (non-hydrogen) atoms. The second-order valence-corrected chi connectivity index (χ2v) is 5.43. The molecule has 0 saturated carbocycles. The van der Waals surface area contributed by atoms with E-state index in [1.54, 1.807) is 30.3 Å². The molecular weight excluding hydrogens is 379 g/mol. The number of nitrogens with one attached hydrogen (secondary N) is 3. The Bertz CT molecular complexity index is 863. The average Bonchev–Trinajstić information content (AvgIpc) is 2.67. The first-order valence-corrected chi connectivity index (χ1v) is 8.05. The van der Waals surface area contributed by atoms with Gasteiger partial charge >= 0.3 is 12.0 Å². The summed E-state index contributed by atoms with van der Waals surface area (Å²) in [5, 5.41) is 6.94. The van der Waals surface area contributed by atoms with Gasteiger partial charge in [-0.2, -0.15) is 0 Å². The highest BCUT2D eigenvalue weighted by Crippen LogP contribution is 2.19. The molecule has 0 unspecified atom stereocenters. The van der Waals surface area contributed by atoms with Gasteiger partial charge in [0, 0.05) is 12.2 Å². The van der Waals surface area contributed by atoms with E-state index in [-0.39, 0.29) is 13.0 Å². The SMILES string of the molecule is O=C(COC(=O)CCNC(=O)Nc1ccccc1)Nc1ccc(F)c(F)c1F. The summed E-state index contributed by atoms with van der Waals surface area (Å²) in [5.74, 6) is -6.41. The Morgan fingerprint density at radius 3 is 2.32 bits per heavy atom. The van der Waals surface area contributed by atoms with E-state index in [4.69, 9.17) is 0 Å². The maximum absolute atomic E-state index is 13.4. The van der Waals surface area contributed by atoms with Crippen molar-refractivity contribution in [2.75, 3.05) is 23.8 Å². The van der Waals surface area contributed by atoms with Crippen molar-refractivity contribution in [1.82, 2.24) is 5.32 Å². The van der Waals surface area contributed by atoms with Crippen LogP contribution < -0.4 is 16.0 Å². The second-order valence-electron chi connectivity index (χ2n) is 5.43. The quantitative estimate of drug-likeness (QED) is 0.496. The van der Waals surface area contributed by atoms with Crippen LogP contribution in [-0.4, -0.2) is 31.1 Å². The molecule has 10 heteroatoms. The Balaban J connectivity index is 1.67. The van der Waals surface area contributed by atoms with Gasteiger partial charge in [0.2, 0.25) is 0 Å². The zero-order valence-electron chi connectivity index (χ0n) is 14.4. The first-order valence-electron chi connectivity index (χ1n) is 8.05. The van der Waals surface area contributed by atoms with Gasteiger partial charge in [0.15, 0.2) is 24.1 Å². The molecule has 0 spiro atoms. The fraction of sp³-hybridized carbons (Fsp3) is 0.167. The molecule has 0 fully saturated rings. The molecule has 0 bridgehead atoms. The summed E-state index contributed by atoms with van der Waals surface area (Å²) in [6, 6.07) is 9.59. The minimum absolute atomic E-state index is 0.0447. The molecule has 0 aliphatic rings. The maximum atomic E-state index is 13.4. The van der Waals surface area contributed by atoms with Crippen molar-refractivity contribution in [2.45, 2.75) is 6.42 Å². The number of benzene rings is 2. The molecule has 7 nitrogen and oxygen atoms in total. The summed E-state index contributed by atoms with van der Waals surface area (Å²) in [7, 11) is 0. The largest absolute Gasteiger partial charge is 0.456 e. The molecule has 148 valence electrons. The van der Waals surface area contributed by atoms with E-state index < -0.39 is 47.7 Å². The summed E-state index contributed by atoms with van der Waals surface area (Å²) in [6.45, 7) is -0.801. The fourth-order valence-electron chi connectivity index (χ4n) is 2.00. The van der Waals surface area contributed by atoms with E-state index in [0.29, 0.717) is 11.8 Å². The lowest BCUT2D eigenvalue weighted by Gasteiger charge is -2.09. The number of urea groups is 1. The number of carbonyl (C=O) groups excluding carboxylic acids is 3. The lowest BCUT2D eigenvalue weighted by molar-refractivity contribution is -0.147. The Morgan fingerprint density at radius 2 is 1.61 bits per heavy atom. The third-order valence-corrected chi connectivity index (χ3v) is 3.32. The number of carbonyl (C=O) groups is 3. The first kappa shape index (κ1) is 20.7. The highest BCUT2D eigenvalue weighted by atomic mass is 19.2. The van der Waals surface area contributed by atoms with Gasteiger partial charge in [-0.15, -0.1) is 0 Å². The zero-order valence-corrected chi connectivity index (χ0v) is 14.4. The molecular formula is C18H16F3N3O4. The van der Waals surface area contributed by atoms with Crippen molar-refractivity contribution >= 4 is 29.3 Å². The number of ether oxygens (including phenoxy) is 1. The van der Waals surface area contributed by atoms with Gasteiger partial charge in [-0.05, 0) is 24.3 Å². The van der Waals surface area contributed by atoms with Crippen LogP contribution in [-0.2, 0) is 14.3 Å². The minimum Gasteiger partial charge on any atom is -0.456 e. The van der Waals surface area contributed by atoms with Gasteiger partial charge < -0.3 is 20.7 Å². The van der Waals surface area contributed by atoms with E-state index in [0.717, 1.165) is 6.07 Å². The van der Waals surface area contributed by atoms with Gasteiger partial charge in [-0.1, -0.05) is 18.2 Å². The fourth-order valence-corrected chi connectivity index (χ4v) is 2.00. The van der Waals surface area contributed by atoms with Crippen LogP contribution in [0.2, 0.25) is 0 Å². The molecule has 0 saturated heterocycles. The maximum Gasteiger partial charge on any atom is 0.319 e. The number of amides is 3. The third-order valence-electron chi connectivity index (χ3n) is 3.32. The van der Waals surface area contributed by atoms with E-state index in [9.17, 15) is 27.6 Å². The number of halogens is 3. The standard InChI is InChI=1S/C18H16F3N3O4/c19-12-6-7-13(17(21)16(12)20)24-14(25)10-28-15(26)8-9-22-18(27)23-11-4-2-1-3-5-11/h1-7H,8-10H2,(H,24,25)(H2,22,23,27). The van der Waals surface area contributed by atoms with E-state index >= 15 is 0 Å². The van der Waals surface area contributed by atoms with Crippen LogP contribution in [0.3, 0.4) is 0 Å². The third kappa shape index (κ3) is 6.31. The first-order chi connectivity index (χ1) is 13.4. The van der Waals surface area contributed by atoms with Crippen molar-refractivity contribution in [3.05, 3.63) is 59.9 Å². The average molecular weight is 395 g/mol. The highest BCUT2D eigenvalue weighted by molar-refractivity contribution is 5.93. The summed E-state index contributed by atoms with van der Waals surface area (Å²) in [5.41, 5.74) is -0.0112. The molecule has 3 N–H and O–H groups in total. The monoisotopic (exact) mass is 395 g/mol. The number of anilines is 2. The van der Waals surface area contributed by atoms with Gasteiger partial charge in [0.25, 0.3) is 5.91 Å². The summed E-state index contributed by atoms with van der Waals surface area (Å²) in [6.07, 6.45) is -0.213. The van der Waals surface area contributed by atoms with Crippen LogP contribution in [0.15, 0.2) is 42.5 Å². The Morgan fingerprint density at radius 1 is 0.893 bits per heavy atom. The van der Waals surface area contributed by atoms with Crippen molar-refractivity contribution in [1.29, 1.82) is 0 Å². The molecule has 2 aromatic rings. The van der Waals surface area contributed by atoms with Crippen LogP contribution in [0.4, 0.5) is 29.3 Å². The predicted molar refractivity (Wildman–Crippen MR) is 94.0 cm³/mol. The van der Waals surface area contributed by atoms with E-state index in [2.05, 4.69) is 15.4 Å². The predicted octanol–water partition coefficient (Wildman–Crippen LogP) is 2.80. The molecule has 0 aliphatic carbocycles. The van der Waals surface area contributed by atoms with E-state index in [1.807, 2.05) is 5.32 Å². The van der Waals surface area contributed by atoms with Gasteiger partial charge in [-0.25, -0.2) is 18.0 Å². The van der Waals surface area contributed by atoms with Gasteiger partial charge in [0.05, 0.1) is 12.1 Å². The van der Waals surface area contributed by atoms with Crippen LogP contribution >= 0.6 is 0 Å². The Labute approximate surface area is 157 Å². The van der Waals surface area contributed by atoms with Crippen molar-refractivity contribution in [3.8, 4) is 0 Å². The highest BCUT2D eigenvalue weighted by Gasteiger charge is 2.16. The Hall–Kier alpha value is -3.56.